The maximum atomic E-state index is 12.4. The molecule has 6 heteroatoms. The molecule has 0 atom stereocenters. The number of anilines is 2. The number of urea groups is 1. The van der Waals surface area contributed by atoms with Crippen molar-refractivity contribution in [3.05, 3.63) is 59.8 Å². The molecule has 3 amide bonds. The van der Waals surface area contributed by atoms with E-state index in [1.54, 1.807) is 31.3 Å². The molecule has 6 nitrogen and oxygen atoms in total. The molecule has 128 valence electrons. The van der Waals surface area contributed by atoms with Gasteiger partial charge in [-0.1, -0.05) is 24.3 Å². The van der Waals surface area contributed by atoms with Gasteiger partial charge in [-0.15, -0.1) is 0 Å². The molecule has 25 heavy (non-hydrogen) atoms. The summed E-state index contributed by atoms with van der Waals surface area (Å²) in [5.74, 6) is -0.107. The van der Waals surface area contributed by atoms with E-state index in [0.717, 1.165) is 22.2 Å². The van der Waals surface area contributed by atoms with Crippen LogP contribution in [0.3, 0.4) is 0 Å². The van der Waals surface area contributed by atoms with Crippen molar-refractivity contribution in [1.82, 2.24) is 10.3 Å². The SMILES string of the molecule is CNC(=O)Nc1cccc(NC(=O)Cc2c(C)[nH]c3ccccc23)c1. The van der Waals surface area contributed by atoms with E-state index >= 15 is 0 Å². The normalized spacial score (nSPS) is 10.5. The average molecular weight is 336 g/mol. The Kier molecular flexibility index (Phi) is 4.70. The van der Waals surface area contributed by atoms with Gasteiger partial charge in [0, 0.05) is 35.0 Å². The molecule has 0 aliphatic rings. The first kappa shape index (κ1) is 16.6. The minimum Gasteiger partial charge on any atom is -0.358 e. The lowest BCUT2D eigenvalue weighted by Crippen LogP contribution is -2.24. The number of hydrogen-bond donors (Lipinski definition) is 4. The summed E-state index contributed by atoms with van der Waals surface area (Å²) in [7, 11) is 1.55. The standard InChI is InChI=1S/C19H20N4O2/c1-12-16(15-8-3-4-9-17(15)21-12)11-18(24)22-13-6-5-7-14(10-13)23-19(25)20-2/h3-10,21H,11H2,1-2H3,(H,22,24)(H2,20,23,25). The lowest BCUT2D eigenvalue weighted by Gasteiger charge is -2.09. The van der Waals surface area contributed by atoms with Gasteiger partial charge >= 0.3 is 6.03 Å². The van der Waals surface area contributed by atoms with Crippen LogP contribution in [0.4, 0.5) is 16.2 Å². The third-order valence-electron chi connectivity index (χ3n) is 4.00. The van der Waals surface area contributed by atoms with Crippen LogP contribution >= 0.6 is 0 Å². The summed E-state index contributed by atoms with van der Waals surface area (Å²) in [5, 5.41) is 9.10. The van der Waals surface area contributed by atoms with Crippen molar-refractivity contribution in [2.45, 2.75) is 13.3 Å². The molecular weight excluding hydrogens is 316 g/mol. The lowest BCUT2D eigenvalue weighted by molar-refractivity contribution is -0.115. The van der Waals surface area contributed by atoms with Crippen LogP contribution in [0.1, 0.15) is 11.3 Å². The molecule has 0 saturated carbocycles. The van der Waals surface area contributed by atoms with Gasteiger partial charge in [0.15, 0.2) is 0 Å². The summed E-state index contributed by atoms with van der Waals surface area (Å²) < 4.78 is 0. The van der Waals surface area contributed by atoms with Gasteiger partial charge in [-0.3, -0.25) is 4.79 Å². The Balaban J connectivity index is 1.73. The van der Waals surface area contributed by atoms with Gasteiger partial charge in [0.1, 0.15) is 0 Å². The third kappa shape index (κ3) is 3.80. The fourth-order valence-electron chi connectivity index (χ4n) is 2.80. The Hall–Kier alpha value is -3.28. The van der Waals surface area contributed by atoms with E-state index in [0.29, 0.717) is 11.4 Å². The smallest absolute Gasteiger partial charge is 0.318 e. The van der Waals surface area contributed by atoms with Crippen molar-refractivity contribution in [2.75, 3.05) is 17.7 Å². The van der Waals surface area contributed by atoms with Crippen LogP contribution in [0.25, 0.3) is 10.9 Å². The Morgan fingerprint density at radius 2 is 1.72 bits per heavy atom. The molecule has 3 rings (SSSR count). The monoisotopic (exact) mass is 336 g/mol. The number of para-hydroxylation sites is 1. The Labute approximate surface area is 145 Å². The zero-order valence-electron chi connectivity index (χ0n) is 14.1. The van der Waals surface area contributed by atoms with Crippen LogP contribution in [-0.4, -0.2) is 24.0 Å². The van der Waals surface area contributed by atoms with Gasteiger partial charge < -0.3 is 20.9 Å². The largest absolute Gasteiger partial charge is 0.358 e. The maximum Gasteiger partial charge on any atom is 0.318 e. The highest BCUT2D eigenvalue weighted by atomic mass is 16.2. The van der Waals surface area contributed by atoms with Gasteiger partial charge in [-0.2, -0.15) is 0 Å². The van der Waals surface area contributed by atoms with Crippen molar-refractivity contribution >= 4 is 34.2 Å². The van der Waals surface area contributed by atoms with Gasteiger partial charge in [0.2, 0.25) is 5.91 Å². The number of carbonyl (C=O) groups is 2. The van der Waals surface area contributed by atoms with Crippen LogP contribution in [0.2, 0.25) is 0 Å². The second-order valence-corrected chi connectivity index (χ2v) is 5.78. The van der Waals surface area contributed by atoms with E-state index < -0.39 is 0 Å². The second-order valence-electron chi connectivity index (χ2n) is 5.78. The lowest BCUT2D eigenvalue weighted by atomic mass is 10.1. The molecule has 3 aromatic rings. The fourth-order valence-corrected chi connectivity index (χ4v) is 2.80. The molecule has 0 radical (unpaired) electrons. The molecule has 4 N–H and O–H groups in total. The van der Waals surface area contributed by atoms with E-state index in [9.17, 15) is 9.59 Å². The van der Waals surface area contributed by atoms with E-state index in [4.69, 9.17) is 0 Å². The van der Waals surface area contributed by atoms with Gasteiger partial charge in [-0.25, -0.2) is 4.79 Å². The minimum atomic E-state index is -0.308. The Morgan fingerprint density at radius 1 is 1.00 bits per heavy atom. The molecule has 0 fully saturated rings. The number of fused-ring (bicyclic) bond motifs is 1. The van der Waals surface area contributed by atoms with Crippen molar-refractivity contribution in [2.24, 2.45) is 0 Å². The first-order valence-electron chi connectivity index (χ1n) is 8.01. The third-order valence-corrected chi connectivity index (χ3v) is 4.00. The number of rotatable bonds is 4. The summed E-state index contributed by atoms with van der Waals surface area (Å²) >= 11 is 0. The summed E-state index contributed by atoms with van der Waals surface area (Å²) in [4.78, 5) is 27.1. The van der Waals surface area contributed by atoms with Gasteiger partial charge in [0.05, 0.1) is 6.42 Å². The van der Waals surface area contributed by atoms with E-state index in [2.05, 4.69) is 20.9 Å². The predicted molar refractivity (Wildman–Crippen MR) is 99.9 cm³/mol. The number of carbonyl (C=O) groups excluding carboxylic acids is 2. The van der Waals surface area contributed by atoms with Crippen LogP contribution in [0, 0.1) is 6.92 Å². The molecule has 0 bridgehead atoms. The van der Waals surface area contributed by atoms with E-state index in [1.165, 1.54) is 0 Å². The van der Waals surface area contributed by atoms with Gasteiger partial charge in [0.25, 0.3) is 0 Å². The molecule has 1 heterocycles. The number of benzene rings is 2. The highest BCUT2D eigenvalue weighted by molar-refractivity contribution is 5.97. The van der Waals surface area contributed by atoms with Gasteiger partial charge in [-0.05, 0) is 36.8 Å². The Bertz CT molecular complexity index is 930. The topological polar surface area (TPSA) is 86.0 Å². The molecular formula is C19H20N4O2. The Morgan fingerprint density at radius 3 is 2.48 bits per heavy atom. The summed E-state index contributed by atoms with van der Waals surface area (Å²) in [6, 6.07) is 14.7. The molecule has 0 saturated heterocycles. The number of aromatic nitrogens is 1. The maximum absolute atomic E-state index is 12.4. The average Bonchev–Trinajstić information content (AvgIpc) is 2.90. The number of H-pyrrole nitrogens is 1. The van der Waals surface area contributed by atoms with Crippen molar-refractivity contribution in [3.8, 4) is 0 Å². The number of nitrogens with one attached hydrogen (secondary N) is 4. The molecule has 0 aliphatic heterocycles. The number of amides is 3. The van der Waals surface area contributed by atoms with Crippen LogP contribution < -0.4 is 16.0 Å². The van der Waals surface area contributed by atoms with Crippen LogP contribution in [0.15, 0.2) is 48.5 Å². The van der Waals surface area contributed by atoms with Crippen LogP contribution in [0.5, 0.6) is 0 Å². The minimum absolute atomic E-state index is 0.107. The number of aromatic amines is 1. The molecule has 0 spiro atoms. The highest BCUT2D eigenvalue weighted by Gasteiger charge is 2.12. The van der Waals surface area contributed by atoms with E-state index in [-0.39, 0.29) is 18.4 Å². The van der Waals surface area contributed by atoms with Crippen LogP contribution in [-0.2, 0) is 11.2 Å². The van der Waals surface area contributed by atoms with Crippen molar-refractivity contribution in [1.29, 1.82) is 0 Å². The predicted octanol–water partition coefficient (Wildman–Crippen LogP) is 3.41. The summed E-state index contributed by atoms with van der Waals surface area (Å²) in [6.45, 7) is 1.97. The van der Waals surface area contributed by atoms with E-state index in [1.807, 2.05) is 31.2 Å². The first-order chi connectivity index (χ1) is 12.1. The summed E-state index contributed by atoms with van der Waals surface area (Å²) in [5.41, 5.74) is 4.26. The van der Waals surface area contributed by atoms with Crippen molar-refractivity contribution < 1.29 is 9.59 Å². The quantitative estimate of drug-likeness (QED) is 0.588. The fraction of sp³-hybridized carbons (Fsp3) is 0.158. The molecule has 2 aromatic carbocycles. The zero-order chi connectivity index (χ0) is 17.8. The molecule has 0 aliphatic carbocycles. The second kappa shape index (κ2) is 7.09. The number of hydrogen-bond acceptors (Lipinski definition) is 2. The first-order valence-corrected chi connectivity index (χ1v) is 8.01. The summed E-state index contributed by atoms with van der Waals surface area (Å²) in [6.07, 6.45) is 0.281. The highest BCUT2D eigenvalue weighted by Crippen LogP contribution is 2.23. The number of aryl methyl sites for hydroxylation is 1. The van der Waals surface area contributed by atoms with Crippen molar-refractivity contribution in [3.63, 3.8) is 0 Å². The zero-order valence-corrected chi connectivity index (χ0v) is 14.1. The molecule has 1 aromatic heterocycles. The molecule has 0 unspecified atom stereocenters.